The molecule has 0 atom stereocenters. The smallest absolute Gasteiger partial charge is 0.261 e. The molecule has 0 radical (unpaired) electrons. The standard InChI is InChI=1S/C15H15ClN4O2S/c1-10(2)12-7-8-13-15(17-9-18-20(12)13)19-23(21,22)14-6-4-3-5-11(14)16/h3-10H,1-2H3,(H,17,18,19). The van der Waals surface area contributed by atoms with Gasteiger partial charge in [-0.2, -0.15) is 5.10 Å². The van der Waals surface area contributed by atoms with Gasteiger partial charge in [0.25, 0.3) is 10.0 Å². The molecule has 0 aliphatic rings. The monoisotopic (exact) mass is 350 g/mol. The molecule has 0 unspecified atom stereocenters. The molecule has 2 aromatic heterocycles. The maximum atomic E-state index is 12.5. The second-order valence-corrected chi connectivity index (χ2v) is 7.41. The van der Waals surface area contributed by atoms with Crippen LogP contribution in [0.15, 0.2) is 47.6 Å². The van der Waals surface area contributed by atoms with Crippen LogP contribution in [0.4, 0.5) is 5.82 Å². The van der Waals surface area contributed by atoms with Gasteiger partial charge in [-0.05, 0) is 30.2 Å². The molecular weight excluding hydrogens is 336 g/mol. The van der Waals surface area contributed by atoms with E-state index in [0.717, 1.165) is 5.69 Å². The van der Waals surface area contributed by atoms with E-state index in [4.69, 9.17) is 11.6 Å². The van der Waals surface area contributed by atoms with Crippen LogP contribution >= 0.6 is 11.6 Å². The van der Waals surface area contributed by atoms with E-state index in [1.54, 1.807) is 22.7 Å². The van der Waals surface area contributed by atoms with Crippen molar-refractivity contribution in [3.05, 3.63) is 53.4 Å². The lowest BCUT2D eigenvalue weighted by atomic mass is 10.1. The molecule has 0 amide bonds. The molecule has 0 aliphatic carbocycles. The molecule has 0 aliphatic heterocycles. The van der Waals surface area contributed by atoms with Crippen molar-refractivity contribution < 1.29 is 8.42 Å². The topological polar surface area (TPSA) is 76.4 Å². The largest absolute Gasteiger partial charge is 0.264 e. The number of halogens is 1. The summed E-state index contributed by atoms with van der Waals surface area (Å²) in [6, 6.07) is 9.96. The molecule has 3 rings (SSSR count). The number of sulfonamides is 1. The molecular formula is C15H15ClN4O2S. The summed E-state index contributed by atoms with van der Waals surface area (Å²) in [5.41, 5.74) is 1.56. The van der Waals surface area contributed by atoms with E-state index < -0.39 is 10.0 Å². The van der Waals surface area contributed by atoms with Gasteiger partial charge >= 0.3 is 0 Å². The molecule has 1 N–H and O–H groups in total. The number of fused-ring (bicyclic) bond motifs is 1. The van der Waals surface area contributed by atoms with E-state index in [1.165, 1.54) is 18.5 Å². The van der Waals surface area contributed by atoms with E-state index in [9.17, 15) is 8.42 Å². The molecule has 0 bridgehead atoms. The first-order valence-corrected chi connectivity index (χ1v) is 8.86. The third-order valence-corrected chi connectivity index (χ3v) is 5.27. The minimum atomic E-state index is -3.83. The van der Waals surface area contributed by atoms with Crippen LogP contribution in [0.2, 0.25) is 5.02 Å². The third-order valence-electron chi connectivity index (χ3n) is 3.43. The summed E-state index contributed by atoms with van der Waals surface area (Å²) in [6.45, 7) is 4.08. The molecule has 2 heterocycles. The highest BCUT2D eigenvalue weighted by molar-refractivity contribution is 7.92. The van der Waals surface area contributed by atoms with Crippen LogP contribution < -0.4 is 4.72 Å². The van der Waals surface area contributed by atoms with Crippen molar-refractivity contribution >= 4 is 33.0 Å². The zero-order valence-electron chi connectivity index (χ0n) is 12.6. The average Bonchev–Trinajstić information content (AvgIpc) is 2.92. The van der Waals surface area contributed by atoms with Crippen molar-refractivity contribution in [3.8, 4) is 0 Å². The molecule has 6 nitrogen and oxygen atoms in total. The Kier molecular flexibility index (Phi) is 3.99. The molecule has 0 spiro atoms. The molecule has 23 heavy (non-hydrogen) atoms. The lowest BCUT2D eigenvalue weighted by molar-refractivity contribution is 0.601. The van der Waals surface area contributed by atoms with Gasteiger partial charge < -0.3 is 0 Å². The Bertz CT molecular complexity index is 967. The number of nitrogens with zero attached hydrogens (tertiary/aromatic N) is 3. The first-order valence-electron chi connectivity index (χ1n) is 7.00. The number of hydrogen-bond donors (Lipinski definition) is 1. The second-order valence-electron chi connectivity index (χ2n) is 5.35. The Morgan fingerprint density at radius 3 is 2.61 bits per heavy atom. The van der Waals surface area contributed by atoms with Crippen molar-refractivity contribution in [2.45, 2.75) is 24.7 Å². The van der Waals surface area contributed by atoms with E-state index in [-0.39, 0.29) is 21.7 Å². The van der Waals surface area contributed by atoms with Gasteiger partial charge in [0.2, 0.25) is 0 Å². The van der Waals surface area contributed by atoms with Crippen LogP contribution in [0.3, 0.4) is 0 Å². The van der Waals surface area contributed by atoms with Crippen molar-refractivity contribution in [3.63, 3.8) is 0 Å². The molecule has 8 heteroatoms. The van der Waals surface area contributed by atoms with Gasteiger partial charge in [-0.3, -0.25) is 4.72 Å². The normalized spacial score (nSPS) is 12.0. The van der Waals surface area contributed by atoms with Crippen LogP contribution in [-0.4, -0.2) is 23.0 Å². The van der Waals surface area contributed by atoms with Gasteiger partial charge in [0.15, 0.2) is 5.82 Å². The van der Waals surface area contributed by atoms with E-state index in [1.807, 2.05) is 19.9 Å². The van der Waals surface area contributed by atoms with Gasteiger partial charge in [-0.1, -0.05) is 37.6 Å². The number of rotatable bonds is 4. The van der Waals surface area contributed by atoms with Gasteiger partial charge in [0, 0.05) is 5.69 Å². The van der Waals surface area contributed by atoms with Crippen molar-refractivity contribution in [2.24, 2.45) is 0 Å². The highest BCUT2D eigenvalue weighted by Gasteiger charge is 2.20. The first-order chi connectivity index (χ1) is 10.9. The molecule has 120 valence electrons. The summed E-state index contributed by atoms with van der Waals surface area (Å²) in [6.07, 6.45) is 1.32. The Hall–Kier alpha value is -2.12. The molecule has 0 saturated heterocycles. The summed E-state index contributed by atoms with van der Waals surface area (Å²) < 4.78 is 29.3. The minimum Gasteiger partial charge on any atom is -0.261 e. The Morgan fingerprint density at radius 1 is 1.17 bits per heavy atom. The van der Waals surface area contributed by atoms with Gasteiger partial charge in [-0.25, -0.2) is 17.9 Å². The number of aromatic nitrogens is 3. The van der Waals surface area contributed by atoms with E-state index in [2.05, 4.69) is 14.8 Å². The summed E-state index contributed by atoms with van der Waals surface area (Å²) in [4.78, 5) is 4.06. The fourth-order valence-corrected chi connectivity index (χ4v) is 3.86. The zero-order chi connectivity index (χ0) is 16.6. The van der Waals surface area contributed by atoms with Gasteiger partial charge in [0.1, 0.15) is 16.7 Å². The number of anilines is 1. The van der Waals surface area contributed by atoms with Crippen molar-refractivity contribution in [1.82, 2.24) is 14.6 Å². The summed E-state index contributed by atoms with van der Waals surface area (Å²) in [5.74, 6) is 0.465. The van der Waals surface area contributed by atoms with Crippen LogP contribution in [0.5, 0.6) is 0 Å². The number of nitrogens with one attached hydrogen (secondary N) is 1. The molecule has 3 aromatic rings. The predicted octanol–water partition coefficient (Wildman–Crippen LogP) is 3.31. The van der Waals surface area contributed by atoms with E-state index in [0.29, 0.717) is 5.52 Å². The highest BCUT2D eigenvalue weighted by Crippen LogP contribution is 2.26. The quantitative estimate of drug-likeness (QED) is 0.783. The summed E-state index contributed by atoms with van der Waals surface area (Å²) in [5, 5.41) is 4.34. The zero-order valence-corrected chi connectivity index (χ0v) is 14.1. The number of hydrogen-bond acceptors (Lipinski definition) is 4. The Balaban J connectivity index is 2.07. The maximum Gasteiger partial charge on any atom is 0.264 e. The fourth-order valence-electron chi connectivity index (χ4n) is 2.31. The van der Waals surface area contributed by atoms with Crippen LogP contribution in [0, 0.1) is 0 Å². The van der Waals surface area contributed by atoms with Crippen molar-refractivity contribution in [2.75, 3.05) is 4.72 Å². The van der Waals surface area contributed by atoms with Crippen molar-refractivity contribution in [1.29, 1.82) is 0 Å². The van der Waals surface area contributed by atoms with Gasteiger partial charge in [0.05, 0.1) is 5.02 Å². The number of benzene rings is 1. The third kappa shape index (κ3) is 2.89. The molecule has 0 fully saturated rings. The summed E-state index contributed by atoms with van der Waals surface area (Å²) in [7, 11) is -3.83. The van der Waals surface area contributed by atoms with E-state index >= 15 is 0 Å². The Labute approximate surface area is 139 Å². The summed E-state index contributed by atoms with van der Waals surface area (Å²) >= 11 is 5.98. The van der Waals surface area contributed by atoms with Crippen LogP contribution in [-0.2, 0) is 10.0 Å². The fraction of sp³-hybridized carbons (Fsp3) is 0.200. The lowest BCUT2D eigenvalue weighted by Crippen LogP contribution is -2.15. The average molecular weight is 351 g/mol. The SMILES string of the molecule is CC(C)c1ccc2c(NS(=O)(=O)c3ccccc3Cl)ncnn12. The minimum absolute atomic E-state index is 0.00840. The highest BCUT2D eigenvalue weighted by atomic mass is 35.5. The Morgan fingerprint density at radius 2 is 1.91 bits per heavy atom. The van der Waals surface area contributed by atoms with Gasteiger partial charge in [-0.15, -0.1) is 0 Å². The maximum absolute atomic E-state index is 12.5. The molecule has 0 saturated carbocycles. The second kappa shape index (κ2) is 5.82. The van der Waals surface area contributed by atoms with Crippen LogP contribution in [0.25, 0.3) is 5.52 Å². The predicted molar refractivity (Wildman–Crippen MR) is 89.3 cm³/mol. The first kappa shape index (κ1) is 15.8. The lowest BCUT2D eigenvalue weighted by Gasteiger charge is -2.10. The molecule has 1 aromatic carbocycles. The van der Waals surface area contributed by atoms with Crippen LogP contribution in [0.1, 0.15) is 25.5 Å².